The maximum atomic E-state index is 12.0. The number of fused-ring (bicyclic) bond motifs is 5. The fourth-order valence-corrected chi connectivity index (χ4v) is 12.1. The third-order valence-electron chi connectivity index (χ3n) is 14.7. The summed E-state index contributed by atoms with van der Waals surface area (Å²) in [5.41, 5.74) is 0.188. The number of allylic oxidation sites excluding steroid dienone is 2. The van der Waals surface area contributed by atoms with Gasteiger partial charge in [0, 0.05) is 0 Å². The predicted octanol–water partition coefficient (Wildman–Crippen LogP) is 4.71. The molecule has 15 atom stereocenters. The van der Waals surface area contributed by atoms with Crippen molar-refractivity contribution in [1.29, 1.82) is 0 Å². The first kappa shape index (κ1) is 35.7. The second-order valence-corrected chi connectivity index (χ2v) is 17.7. The fraction of sp³-hybridized carbons (Fsp3) is 0.946. The first-order valence-corrected chi connectivity index (χ1v) is 17.8. The molecule has 8 nitrogen and oxygen atoms in total. The molecule has 4 saturated carbocycles. The molecule has 0 aromatic heterocycles. The maximum absolute atomic E-state index is 12.0. The minimum absolute atomic E-state index is 0.0222. The molecule has 0 aromatic carbocycles. The molecule has 1 heterocycles. The van der Waals surface area contributed by atoms with Crippen molar-refractivity contribution in [3.05, 3.63) is 11.6 Å². The Bertz CT molecular complexity index is 1080. The third-order valence-corrected chi connectivity index (χ3v) is 14.7. The Morgan fingerprint density at radius 3 is 2.20 bits per heavy atom. The van der Waals surface area contributed by atoms with Gasteiger partial charge in [-0.25, -0.2) is 0 Å². The number of aliphatic hydroxyl groups is 6. The summed E-state index contributed by atoms with van der Waals surface area (Å²) in [5.74, 6) is 0.811. The summed E-state index contributed by atoms with van der Waals surface area (Å²) in [6.45, 7) is 17.6. The van der Waals surface area contributed by atoms with Crippen molar-refractivity contribution in [2.45, 2.75) is 168 Å². The van der Waals surface area contributed by atoms with Crippen LogP contribution in [0.3, 0.4) is 0 Å². The number of ether oxygens (including phenoxy) is 2. The van der Waals surface area contributed by atoms with Crippen molar-refractivity contribution < 1.29 is 40.1 Å². The Hall–Kier alpha value is -0.580. The summed E-state index contributed by atoms with van der Waals surface area (Å²) in [4.78, 5) is 0. The van der Waals surface area contributed by atoms with E-state index in [9.17, 15) is 30.6 Å². The highest BCUT2D eigenvalue weighted by molar-refractivity contribution is 5.20. The number of hydrogen-bond donors (Lipinski definition) is 6. The van der Waals surface area contributed by atoms with E-state index < -0.39 is 49.0 Å². The second-order valence-electron chi connectivity index (χ2n) is 17.7. The molecule has 0 unspecified atom stereocenters. The molecule has 0 amide bonds. The van der Waals surface area contributed by atoms with Crippen LogP contribution in [0, 0.1) is 45.3 Å². The average molecular weight is 637 g/mol. The molecule has 45 heavy (non-hydrogen) atoms. The Labute approximate surface area is 271 Å². The highest BCUT2D eigenvalue weighted by Crippen LogP contribution is 2.76. The van der Waals surface area contributed by atoms with E-state index in [-0.39, 0.29) is 39.6 Å². The molecule has 5 aliphatic rings. The standard InChI is InChI=1S/C37H64O8/c1-21(2)11-9-10-15-37(8,43)22-12-17-36(7)28(22)23(39)19-26-34(5)16-14-27(33(3,4)25(34)13-18-35(26,36)6)45-32-31(42)30(41)29(40)24(20-38)44-32/h11,22-32,38-43H,9-10,12-20H2,1-8H3/t22-,23+,24+,25-,26+,27-,28+,29+,30-,31+,32-,34-,35+,36+,37-/m0/s1. The summed E-state index contributed by atoms with van der Waals surface area (Å²) in [5, 5.41) is 64.9. The minimum Gasteiger partial charge on any atom is -0.394 e. The van der Waals surface area contributed by atoms with Gasteiger partial charge >= 0.3 is 0 Å². The molecule has 1 saturated heterocycles. The zero-order chi connectivity index (χ0) is 33.3. The lowest BCUT2D eigenvalue weighted by Crippen LogP contribution is -2.67. The maximum Gasteiger partial charge on any atom is 0.186 e. The van der Waals surface area contributed by atoms with Crippen LogP contribution in [0.5, 0.6) is 0 Å². The second kappa shape index (κ2) is 12.4. The van der Waals surface area contributed by atoms with Crippen LogP contribution in [0.2, 0.25) is 0 Å². The fourth-order valence-electron chi connectivity index (χ4n) is 12.1. The van der Waals surface area contributed by atoms with Crippen molar-refractivity contribution in [3.63, 3.8) is 0 Å². The first-order chi connectivity index (χ1) is 20.8. The van der Waals surface area contributed by atoms with Gasteiger partial charge in [-0.3, -0.25) is 0 Å². The third kappa shape index (κ3) is 5.69. The van der Waals surface area contributed by atoms with Crippen LogP contribution in [-0.4, -0.2) is 85.8 Å². The molecule has 1 aliphatic heterocycles. The van der Waals surface area contributed by atoms with Crippen LogP contribution in [-0.2, 0) is 9.47 Å². The van der Waals surface area contributed by atoms with Crippen LogP contribution >= 0.6 is 0 Å². The van der Waals surface area contributed by atoms with E-state index in [0.29, 0.717) is 11.8 Å². The predicted molar refractivity (Wildman–Crippen MR) is 173 cm³/mol. The average Bonchev–Trinajstić information content (AvgIpc) is 3.35. The van der Waals surface area contributed by atoms with Gasteiger partial charge in [-0.05, 0) is 130 Å². The van der Waals surface area contributed by atoms with Crippen LogP contribution in [0.1, 0.15) is 120 Å². The van der Waals surface area contributed by atoms with Crippen molar-refractivity contribution in [1.82, 2.24) is 0 Å². The van der Waals surface area contributed by atoms with Gasteiger partial charge in [0.15, 0.2) is 6.29 Å². The Balaban J connectivity index is 1.35. The van der Waals surface area contributed by atoms with Crippen molar-refractivity contribution in [3.8, 4) is 0 Å². The van der Waals surface area contributed by atoms with Gasteiger partial charge in [0.05, 0.1) is 24.4 Å². The molecule has 260 valence electrons. The molecule has 0 spiro atoms. The van der Waals surface area contributed by atoms with E-state index in [1.54, 1.807) is 0 Å². The minimum atomic E-state index is -1.46. The van der Waals surface area contributed by atoms with Crippen molar-refractivity contribution in [2.24, 2.45) is 45.3 Å². The van der Waals surface area contributed by atoms with Crippen molar-refractivity contribution in [2.75, 3.05) is 6.61 Å². The SMILES string of the molecule is CC(C)=CCCC[C@](C)(O)[C@H]1CC[C@]2(C)[C@H]1[C@H](O)C[C@@H]1[C@@]3(C)CC[C@H](O[C@@H]4O[C@H](CO)[C@@H](O)[C@H](O)[C@H]4O)C(C)(C)[C@@H]3CC[C@]12C. The van der Waals surface area contributed by atoms with Gasteiger partial charge in [0.1, 0.15) is 24.4 Å². The smallest absolute Gasteiger partial charge is 0.186 e. The molecule has 0 radical (unpaired) electrons. The highest BCUT2D eigenvalue weighted by atomic mass is 16.7. The number of unbranched alkanes of at least 4 members (excludes halogenated alkanes) is 1. The van der Waals surface area contributed by atoms with E-state index in [1.165, 1.54) is 5.57 Å². The van der Waals surface area contributed by atoms with Crippen LogP contribution in [0.25, 0.3) is 0 Å². The van der Waals surface area contributed by atoms with Crippen LogP contribution in [0.4, 0.5) is 0 Å². The number of hydrogen-bond acceptors (Lipinski definition) is 8. The summed E-state index contributed by atoms with van der Waals surface area (Å²) in [6.07, 6.45) is 4.34. The van der Waals surface area contributed by atoms with E-state index in [4.69, 9.17) is 9.47 Å². The summed E-state index contributed by atoms with van der Waals surface area (Å²) < 4.78 is 12.2. The zero-order valence-electron chi connectivity index (χ0n) is 29.2. The van der Waals surface area contributed by atoms with Gasteiger partial charge in [0.25, 0.3) is 0 Å². The Kier molecular flexibility index (Phi) is 9.83. The Morgan fingerprint density at radius 2 is 1.56 bits per heavy atom. The van der Waals surface area contributed by atoms with Gasteiger partial charge in [-0.15, -0.1) is 0 Å². The molecule has 8 heteroatoms. The molecule has 5 fully saturated rings. The Morgan fingerprint density at radius 1 is 0.889 bits per heavy atom. The van der Waals surface area contributed by atoms with Gasteiger partial charge in [-0.2, -0.15) is 0 Å². The molecule has 6 N–H and O–H groups in total. The van der Waals surface area contributed by atoms with Crippen LogP contribution < -0.4 is 0 Å². The van der Waals surface area contributed by atoms with E-state index in [0.717, 1.165) is 64.2 Å². The van der Waals surface area contributed by atoms with E-state index in [1.807, 2.05) is 6.92 Å². The molecule has 4 aliphatic carbocycles. The largest absolute Gasteiger partial charge is 0.394 e. The lowest BCUT2D eigenvalue weighted by Gasteiger charge is -2.70. The summed E-state index contributed by atoms with van der Waals surface area (Å²) in [7, 11) is 0. The lowest BCUT2D eigenvalue weighted by molar-refractivity contribution is -0.332. The van der Waals surface area contributed by atoms with Gasteiger partial charge < -0.3 is 40.1 Å². The summed E-state index contributed by atoms with van der Waals surface area (Å²) in [6, 6.07) is 0. The van der Waals surface area contributed by atoms with Crippen molar-refractivity contribution >= 4 is 0 Å². The zero-order valence-corrected chi connectivity index (χ0v) is 29.2. The topological polar surface area (TPSA) is 140 Å². The molecule has 0 aromatic rings. The molecular formula is C37H64O8. The number of rotatable bonds is 8. The first-order valence-electron chi connectivity index (χ1n) is 17.8. The van der Waals surface area contributed by atoms with Crippen LogP contribution in [0.15, 0.2) is 11.6 Å². The molecular weight excluding hydrogens is 572 g/mol. The molecule has 5 rings (SSSR count). The molecule has 0 bridgehead atoms. The van der Waals surface area contributed by atoms with E-state index >= 15 is 0 Å². The van der Waals surface area contributed by atoms with E-state index in [2.05, 4.69) is 54.5 Å². The monoisotopic (exact) mass is 636 g/mol. The number of aliphatic hydroxyl groups excluding tert-OH is 5. The van der Waals surface area contributed by atoms with Gasteiger partial charge in [0.2, 0.25) is 0 Å². The quantitative estimate of drug-likeness (QED) is 0.128. The normalized spacial score (nSPS) is 50.6. The van der Waals surface area contributed by atoms with Gasteiger partial charge in [-0.1, -0.05) is 46.3 Å². The lowest BCUT2D eigenvalue weighted by atomic mass is 9.35. The summed E-state index contributed by atoms with van der Waals surface area (Å²) >= 11 is 0. The highest BCUT2D eigenvalue weighted by Gasteiger charge is 2.71.